The van der Waals surface area contributed by atoms with Crippen LogP contribution in [0.5, 0.6) is 11.5 Å². The van der Waals surface area contributed by atoms with E-state index in [1.807, 2.05) is 32.0 Å². The van der Waals surface area contributed by atoms with Crippen molar-refractivity contribution in [3.63, 3.8) is 0 Å². The molecule has 0 saturated carbocycles. The van der Waals surface area contributed by atoms with Crippen LogP contribution in [0.4, 0.5) is 10.5 Å². The van der Waals surface area contributed by atoms with Crippen LogP contribution in [0.15, 0.2) is 54.2 Å². The van der Waals surface area contributed by atoms with Gasteiger partial charge >= 0.3 is 6.03 Å². The maximum atomic E-state index is 11.9. The molecule has 3 N–H and O–H groups in total. The molecule has 0 spiro atoms. The van der Waals surface area contributed by atoms with E-state index in [0.717, 1.165) is 5.56 Å². The zero-order valence-corrected chi connectivity index (χ0v) is 15.0. The number of urea groups is 1. The number of ether oxygens (including phenoxy) is 1. The molecule has 6 nitrogen and oxygen atoms in total. The Morgan fingerprint density at radius 1 is 1.35 bits per heavy atom. The summed E-state index contributed by atoms with van der Waals surface area (Å²) in [7, 11) is 0. The van der Waals surface area contributed by atoms with E-state index >= 15 is 0 Å². The summed E-state index contributed by atoms with van der Waals surface area (Å²) in [4.78, 5) is 11.9. The number of benzene rings is 2. The van der Waals surface area contributed by atoms with E-state index in [1.54, 1.807) is 24.3 Å². The molecule has 0 bridgehead atoms. The van der Waals surface area contributed by atoms with Crippen molar-refractivity contribution >= 4 is 17.9 Å². The molecule has 0 unspecified atom stereocenters. The minimum Gasteiger partial charge on any atom is -0.504 e. The highest BCUT2D eigenvalue weighted by molar-refractivity contribution is 5.90. The number of anilines is 1. The lowest BCUT2D eigenvalue weighted by molar-refractivity contribution is 0.252. The van der Waals surface area contributed by atoms with Gasteiger partial charge in [0, 0.05) is 11.3 Å². The van der Waals surface area contributed by atoms with Crippen LogP contribution in [0, 0.1) is 6.92 Å². The van der Waals surface area contributed by atoms with E-state index in [4.69, 9.17) is 4.74 Å². The normalized spacial score (nSPS) is 10.5. The third kappa shape index (κ3) is 5.37. The van der Waals surface area contributed by atoms with Gasteiger partial charge in [-0.1, -0.05) is 18.2 Å². The minimum atomic E-state index is -0.443. The molecule has 2 amide bonds. The van der Waals surface area contributed by atoms with Crippen molar-refractivity contribution < 1.29 is 14.6 Å². The number of hydrogen-bond acceptors (Lipinski definition) is 4. The van der Waals surface area contributed by atoms with Crippen molar-refractivity contribution in [3.8, 4) is 11.5 Å². The fourth-order valence-corrected chi connectivity index (χ4v) is 2.39. The van der Waals surface area contributed by atoms with Gasteiger partial charge in [-0.3, -0.25) is 0 Å². The van der Waals surface area contributed by atoms with E-state index in [9.17, 15) is 9.90 Å². The first-order valence-corrected chi connectivity index (χ1v) is 8.29. The van der Waals surface area contributed by atoms with Crippen LogP contribution in [0.2, 0.25) is 0 Å². The lowest BCUT2D eigenvalue weighted by Gasteiger charge is -2.11. The maximum Gasteiger partial charge on any atom is 0.339 e. The monoisotopic (exact) mass is 353 g/mol. The van der Waals surface area contributed by atoms with Crippen LogP contribution in [0.1, 0.15) is 23.6 Å². The topological polar surface area (TPSA) is 83.0 Å². The van der Waals surface area contributed by atoms with Crippen LogP contribution < -0.4 is 15.5 Å². The molecule has 2 aromatic carbocycles. The number of phenols is 1. The summed E-state index contributed by atoms with van der Waals surface area (Å²) in [6, 6.07) is 10.5. The van der Waals surface area contributed by atoms with Crippen molar-refractivity contribution in [1.82, 2.24) is 5.43 Å². The third-order valence-corrected chi connectivity index (χ3v) is 3.50. The van der Waals surface area contributed by atoms with E-state index in [1.165, 1.54) is 6.21 Å². The zero-order valence-electron chi connectivity index (χ0n) is 15.0. The number of nitrogens with zero attached hydrogens (tertiary/aromatic N) is 1. The predicted octanol–water partition coefficient (Wildman–Crippen LogP) is 3.98. The van der Waals surface area contributed by atoms with Crippen LogP contribution in [-0.2, 0) is 6.42 Å². The first-order chi connectivity index (χ1) is 12.5. The van der Waals surface area contributed by atoms with Gasteiger partial charge in [0.25, 0.3) is 0 Å². The molecule has 0 fully saturated rings. The lowest BCUT2D eigenvalue weighted by atomic mass is 10.1. The lowest BCUT2D eigenvalue weighted by Crippen LogP contribution is -2.24. The Hall–Kier alpha value is -3.28. The number of rotatable bonds is 7. The molecule has 0 aliphatic heterocycles. The average molecular weight is 353 g/mol. The summed E-state index contributed by atoms with van der Waals surface area (Å²) >= 11 is 0. The van der Waals surface area contributed by atoms with Crippen LogP contribution in [0.25, 0.3) is 0 Å². The minimum absolute atomic E-state index is 0.0917. The fraction of sp³-hybridized carbons (Fsp3) is 0.200. The van der Waals surface area contributed by atoms with E-state index in [-0.39, 0.29) is 5.75 Å². The molecule has 0 saturated heterocycles. The number of carbonyl (C=O) groups excluding carboxylic acids is 1. The highest BCUT2D eigenvalue weighted by Crippen LogP contribution is 2.31. The number of hydrogen-bond donors (Lipinski definition) is 3. The Balaban J connectivity index is 2.06. The summed E-state index contributed by atoms with van der Waals surface area (Å²) < 4.78 is 5.44. The van der Waals surface area contributed by atoms with E-state index in [0.29, 0.717) is 35.6 Å². The second kappa shape index (κ2) is 9.27. The molecule has 2 rings (SSSR count). The smallest absolute Gasteiger partial charge is 0.339 e. The predicted molar refractivity (Wildman–Crippen MR) is 104 cm³/mol. The van der Waals surface area contributed by atoms with Crippen LogP contribution in [-0.4, -0.2) is 24.0 Å². The van der Waals surface area contributed by atoms with Gasteiger partial charge in [0.1, 0.15) is 0 Å². The third-order valence-electron chi connectivity index (χ3n) is 3.50. The van der Waals surface area contributed by atoms with Gasteiger partial charge in [-0.05, 0) is 55.7 Å². The molecule has 0 aliphatic carbocycles. The second-order valence-corrected chi connectivity index (χ2v) is 5.65. The van der Waals surface area contributed by atoms with Gasteiger partial charge in [0.15, 0.2) is 11.5 Å². The maximum absolute atomic E-state index is 11.9. The Morgan fingerprint density at radius 3 is 2.85 bits per heavy atom. The number of phenolic OH excluding ortho intramolecular Hbond substituents is 1. The standard InChI is InChI=1S/C20H23N3O3/c1-4-7-16-11-15(12-18(19(16)24)26-5-2)13-21-23-20(25)22-17-9-6-8-14(3)10-17/h4,6,8-13,24H,1,5,7H2,2-3H3,(H2,22,23,25)/b21-13+. The molecule has 26 heavy (non-hydrogen) atoms. The van der Waals surface area contributed by atoms with Crippen molar-refractivity contribution in [3.05, 3.63) is 65.7 Å². The number of nitrogens with one attached hydrogen (secondary N) is 2. The van der Waals surface area contributed by atoms with E-state index in [2.05, 4.69) is 22.4 Å². The average Bonchev–Trinajstić information content (AvgIpc) is 2.59. The van der Waals surface area contributed by atoms with Gasteiger partial charge in [0.05, 0.1) is 12.8 Å². The summed E-state index contributed by atoms with van der Waals surface area (Å²) in [5.74, 6) is 0.464. The quantitative estimate of drug-likeness (QED) is 0.400. The summed E-state index contributed by atoms with van der Waals surface area (Å²) in [5, 5.41) is 16.8. The summed E-state index contributed by atoms with van der Waals surface area (Å²) in [5.41, 5.74) is 5.52. The van der Waals surface area contributed by atoms with E-state index < -0.39 is 6.03 Å². The number of aromatic hydroxyl groups is 1. The van der Waals surface area contributed by atoms with Crippen molar-refractivity contribution in [2.24, 2.45) is 5.10 Å². The van der Waals surface area contributed by atoms with Gasteiger partial charge in [-0.15, -0.1) is 6.58 Å². The van der Waals surface area contributed by atoms with Gasteiger partial charge in [0.2, 0.25) is 0 Å². The van der Waals surface area contributed by atoms with Crippen LogP contribution in [0.3, 0.4) is 0 Å². The molecule has 6 heteroatoms. The first kappa shape index (κ1) is 19.1. The van der Waals surface area contributed by atoms with Crippen LogP contribution >= 0.6 is 0 Å². The van der Waals surface area contributed by atoms with Gasteiger partial charge in [-0.25, -0.2) is 10.2 Å². The molecular formula is C20H23N3O3. The zero-order chi connectivity index (χ0) is 18.9. The highest BCUT2D eigenvalue weighted by Gasteiger charge is 2.09. The molecule has 0 atom stereocenters. The molecular weight excluding hydrogens is 330 g/mol. The van der Waals surface area contributed by atoms with Crippen molar-refractivity contribution in [1.29, 1.82) is 0 Å². The second-order valence-electron chi connectivity index (χ2n) is 5.65. The molecule has 0 radical (unpaired) electrons. The Bertz CT molecular complexity index is 816. The molecule has 0 heterocycles. The first-order valence-electron chi connectivity index (χ1n) is 8.29. The Morgan fingerprint density at radius 2 is 2.15 bits per heavy atom. The van der Waals surface area contributed by atoms with Gasteiger partial charge < -0.3 is 15.2 Å². The largest absolute Gasteiger partial charge is 0.504 e. The fourth-order valence-electron chi connectivity index (χ4n) is 2.39. The molecule has 0 aromatic heterocycles. The number of carbonyl (C=O) groups is 1. The molecule has 0 aliphatic rings. The number of allylic oxidation sites excluding steroid dienone is 1. The van der Waals surface area contributed by atoms with Crippen molar-refractivity contribution in [2.45, 2.75) is 20.3 Å². The molecule has 136 valence electrons. The SMILES string of the molecule is C=CCc1cc(/C=N/NC(=O)Nc2cccc(C)c2)cc(OCC)c1O. The Kier molecular flexibility index (Phi) is 6.79. The highest BCUT2D eigenvalue weighted by atomic mass is 16.5. The van der Waals surface area contributed by atoms with Gasteiger partial charge in [-0.2, -0.15) is 5.10 Å². The number of amides is 2. The molecule has 2 aromatic rings. The summed E-state index contributed by atoms with van der Waals surface area (Å²) in [6.07, 6.45) is 3.68. The summed E-state index contributed by atoms with van der Waals surface area (Å²) in [6.45, 7) is 7.90. The number of hydrazone groups is 1. The number of aryl methyl sites for hydroxylation is 1. The van der Waals surface area contributed by atoms with Crippen molar-refractivity contribution in [2.75, 3.05) is 11.9 Å². The Labute approximate surface area is 153 Å².